The lowest BCUT2D eigenvalue weighted by atomic mass is 9.63. The summed E-state index contributed by atoms with van der Waals surface area (Å²) in [5.74, 6) is 8.15. The molecule has 0 radical (unpaired) electrons. The highest BCUT2D eigenvalue weighted by Crippen LogP contribution is 2.48. The molecule has 0 aromatic heterocycles. The van der Waals surface area contributed by atoms with Crippen LogP contribution in [0.1, 0.15) is 87.8 Å². The maximum absolute atomic E-state index is 14.9. The van der Waals surface area contributed by atoms with Gasteiger partial charge in [-0.1, -0.05) is 48.6 Å². The minimum absolute atomic E-state index is 0.186. The summed E-state index contributed by atoms with van der Waals surface area (Å²) < 4.78 is 34.6. The molecule has 2 aliphatic rings. The Bertz CT molecular complexity index is 1140. The van der Waals surface area contributed by atoms with Crippen LogP contribution >= 0.6 is 0 Å². The van der Waals surface area contributed by atoms with E-state index in [0.29, 0.717) is 23.7 Å². The van der Waals surface area contributed by atoms with Gasteiger partial charge in [0.25, 0.3) is 0 Å². The normalized spacial score (nSPS) is 23.9. The molecule has 190 valence electrons. The molecule has 2 aromatic rings. The van der Waals surface area contributed by atoms with E-state index < -0.39 is 5.82 Å². The fourth-order valence-corrected chi connectivity index (χ4v) is 6.01. The van der Waals surface area contributed by atoms with Crippen LogP contribution < -0.4 is 4.74 Å². The van der Waals surface area contributed by atoms with Crippen molar-refractivity contribution in [3.63, 3.8) is 0 Å². The van der Waals surface area contributed by atoms with Gasteiger partial charge in [-0.15, -0.1) is 0 Å². The van der Waals surface area contributed by atoms with Crippen molar-refractivity contribution in [3.8, 4) is 17.6 Å². The molecular formula is C33H38F2O. The number of allylic oxidation sites excluding steroid dienone is 3. The third-order valence-corrected chi connectivity index (χ3v) is 8.01. The van der Waals surface area contributed by atoms with Crippen molar-refractivity contribution in [2.75, 3.05) is 6.61 Å². The summed E-state index contributed by atoms with van der Waals surface area (Å²) in [6.45, 7) is 4.30. The maximum atomic E-state index is 14.9. The number of hydrogen-bond donors (Lipinski definition) is 0. The minimum Gasteiger partial charge on any atom is -0.486 e. The minimum atomic E-state index is -0.468. The standard InChI is InChI=1S/C33H38F2O/c1-3-5-7-8-24-10-13-28-22-29(17-16-27(28)20-24)30-15-14-26(31(34)23-30)12-9-25-11-18-33(32(35)21-25)36-19-6-4-2/h3-6,11,14-15,18,21,23-24,27-29H,7-8,10,13,16-17,19-20,22H2,1-2H3/b5-3+,6-4+. The first-order valence-electron chi connectivity index (χ1n) is 13.5. The first-order chi connectivity index (χ1) is 17.6. The Morgan fingerprint density at radius 3 is 2.44 bits per heavy atom. The van der Waals surface area contributed by atoms with E-state index in [9.17, 15) is 8.78 Å². The summed E-state index contributed by atoms with van der Waals surface area (Å²) in [6, 6.07) is 10.1. The third-order valence-electron chi connectivity index (χ3n) is 8.01. The highest BCUT2D eigenvalue weighted by atomic mass is 19.1. The van der Waals surface area contributed by atoms with Crippen LogP contribution in [0.2, 0.25) is 0 Å². The van der Waals surface area contributed by atoms with E-state index in [-0.39, 0.29) is 11.6 Å². The number of rotatable bonds is 7. The second-order valence-electron chi connectivity index (χ2n) is 10.4. The molecule has 4 rings (SSSR count). The molecule has 4 unspecified atom stereocenters. The molecule has 0 saturated heterocycles. The predicted molar refractivity (Wildman–Crippen MR) is 144 cm³/mol. The Kier molecular flexibility index (Phi) is 9.40. The van der Waals surface area contributed by atoms with Crippen LogP contribution in [0.25, 0.3) is 0 Å². The Morgan fingerprint density at radius 2 is 1.67 bits per heavy atom. The predicted octanol–water partition coefficient (Wildman–Crippen LogP) is 8.98. The zero-order valence-corrected chi connectivity index (χ0v) is 21.6. The quantitative estimate of drug-likeness (QED) is 0.279. The molecule has 0 amide bonds. The molecule has 3 heteroatoms. The van der Waals surface area contributed by atoms with Crippen LogP contribution in [0.4, 0.5) is 8.78 Å². The van der Waals surface area contributed by atoms with Gasteiger partial charge >= 0.3 is 0 Å². The Labute approximate surface area is 215 Å². The number of halogens is 2. The Hall–Kier alpha value is -2.86. The van der Waals surface area contributed by atoms with Crippen molar-refractivity contribution >= 4 is 0 Å². The Balaban J connectivity index is 1.36. The number of ether oxygens (including phenoxy) is 1. The average Bonchev–Trinajstić information content (AvgIpc) is 2.89. The monoisotopic (exact) mass is 488 g/mol. The van der Waals surface area contributed by atoms with Crippen molar-refractivity contribution in [1.82, 2.24) is 0 Å². The largest absolute Gasteiger partial charge is 0.486 e. The molecule has 0 spiro atoms. The molecular weight excluding hydrogens is 450 g/mol. The summed E-state index contributed by atoms with van der Waals surface area (Å²) in [4.78, 5) is 0. The van der Waals surface area contributed by atoms with Gasteiger partial charge in [0.15, 0.2) is 11.6 Å². The zero-order chi connectivity index (χ0) is 25.3. The smallest absolute Gasteiger partial charge is 0.166 e. The van der Waals surface area contributed by atoms with Crippen molar-refractivity contribution in [2.45, 2.75) is 71.1 Å². The molecule has 2 saturated carbocycles. The third kappa shape index (κ3) is 6.88. The second-order valence-corrected chi connectivity index (χ2v) is 10.4. The van der Waals surface area contributed by atoms with Gasteiger partial charge < -0.3 is 4.74 Å². The van der Waals surface area contributed by atoms with Gasteiger partial charge in [-0.2, -0.15) is 0 Å². The van der Waals surface area contributed by atoms with Gasteiger partial charge in [0, 0.05) is 5.56 Å². The van der Waals surface area contributed by atoms with Crippen LogP contribution in [0, 0.1) is 41.2 Å². The maximum Gasteiger partial charge on any atom is 0.166 e. The van der Waals surface area contributed by atoms with Gasteiger partial charge in [0.1, 0.15) is 12.4 Å². The van der Waals surface area contributed by atoms with E-state index in [1.807, 2.05) is 25.1 Å². The van der Waals surface area contributed by atoms with Crippen molar-refractivity contribution < 1.29 is 13.5 Å². The molecule has 2 fully saturated rings. The summed E-state index contributed by atoms with van der Waals surface area (Å²) in [6.07, 6.45) is 18.3. The first kappa shape index (κ1) is 26.2. The first-order valence-corrected chi connectivity index (χ1v) is 13.5. The van der Waals surface area contributed by atoms with Crippen LogP contribution in [0.15, 0.2) is 60.7 Å². The molecule has 0 N–H and O–H groups in total. The fraction of sp³-hybridized carbons (Fsp3) is 0.455. The number of benzene rings is 2. The van der Waals surface area contributed by atoms with Gasteiger partial charge in [0.05, 0.1) is 5.56 Å². The SMILES string of the molecule is C/C=C/CCC1CCC2CC(c3ccc(C#Cc4ccc(OC/C=C/C)c(F)c4)c(F)c3)CCC2C1. The van der Waals surface area contributed by atoms with E-state index in [1.165, 1.54) is 51.0 Å². The highest BCUT2D eigenvalue weighted by Gasteiger charge is 2.35. The van der Waals surface area contributed by atoms with Gasteiger partial charge in [-0.05, 0) is 118 Å². The summed E-state index contributed by atoms with van der Waals surface area (Å²) in [7, 11) is 0. The molecule has 0 aliphatic heterocycles. The van der Waals surface area contributed by atoms with Crippen molar-refractivity contribution in [3.05, 3.63) is 89.0 Å². The average molecular weight is 489 g/mol. The van der Waals surface area contributed by atoms with Crippen LogP contribution in [0.5, 0.6) is 5.75 Å². The van der Waals surface area contributed by atoms with E-state index >= 15 is 0 Å². The molecule has 4 atom stereocenters. The lowest BCUT2D eigenvalue weighted by Crippen LogP contribution is -2.30. The van der Waals surface area contributed by atoms with Crippen molar-refractivity contribution in [2.24, 2.45) is 17.8 Å². The van der Waals surface area contributed by atoms with Crippen LogP contribution in [-0.2, 0) is 0 Å². The lowest BCUT2D eigenvalue weighted by Gasteiger charge is -2.42. The molecule has 2 aliphatic carbocycles. The lowest BCUT2D eigenvalue weighted by molar-refractivity contribution is 0.115. The molecule has 36 heavy (non-hydrogen) atoms. The topological polar surface area (TPSA) is 9.23 Å². The van der Waals surface area contributed by atoms with E-state index in [2.05, 4.69) is 30.9 Å². The zero-order valence-electron chi connectivity index (χ0n) is 21.6. The summed E-state index contributed by atoms with van der Waals surface area (Å²) in [5, 5.41) is 0. The Morgan fingerprint density at radius 1 is 0.861 bits per heavy atom. The second kappa shape index (κ2) is 12.9. The van der Waals surface area contributed by atoms with Crippen molar-refractivity contribution in [1.29, 1.82) is 0 Å². The molecule has 2 aromatic carbocycles. The van der Waals surface area contributed by atoms with Gasteiger partial charge in [0.2, 0.25) is 0 Å². The molecule has 0 bridgehead atoms. The van der Waals surface area contributed by atoms with Crippen LogP contribution in [0.3, 0.4) is 0 Å². The van der Waals surface area contributed by atoms with E-state index in [4.69, 9.17) is 4.74 Å². The number of fused-ring (bicyclic) bond motifs is 1. The highest BCUT2D eigenvalue weighted by molar-refractivity contribution is 5.46. The van der Waals surface area contributed by atoms with E-state index in [1.54, 1.807) is 24.3 Å². The number of hydrogen-bond acceptors (Lipinski definition) is 1. The summed E-state index contributed by atoms with van der Waals surface area (Å²) >= 11 is 0. The molecule has 0 heterocycles. The molecule has 1 nitrogen and oxygen atoms in total. The fourth-order valence-electron chi connectivity index (χ4n) is 6.01. The van der Waals surface area contributed by atoms with Gasteiger partial charge in [-0.25, -0.2) is 8.78 Å². The van der Waals surface area contributed by atoms with E-state index in [0.717, 1.165) is 29.7 Å². The van der Waals surface area contributed by atoms with Gasteiger partial charge in [-0.3, -0.25) is 0 Å². The van der Waals surface area contributed by atoms with Crippen LogP contribution in [-0.4, -0.2) is 6.61 Å². The summed E-state index contributed by atoms with van der Waals surface area (Å²) in [5.41, 5.74) is 1.94.